The highest BCUT2D eigenvalue weighted by Crippen LogP contribution is 2.48. The van der Waals surface area contributed by atoms with Crippen LogP contribution in [0, 0.1) is 11.3 Å². The van der Waals surface area contributed by atoms with E-state index in [1.807, 2.05) is 0 Å². The summed E-state index contributed by atoms with van der Waals surface area (Å²) in [6.07, 6.45) is 0. The first-order valence-corrected chi connectivity index (χ1v) is 7.10. The maximum Gasteiger partial charge on any atom is 0.312 e. The molecule has 3 heterocycles. The summed E-state index contributed by atoms with van der Waals surface area (Å²) in [7, 11) is 0. The van der Waals surface area contributed by atoms with E-state index in [1.54, 1.807) is 18.2 Å². The summed E-state index contributed by atoms with van der Waals surface area (Å²) in [4.78, 5) is 0. The molecule has 0 unspecified atom stereocenters. The number of benzene rings is 1. The number of hydrogen-bond donors (Lipinski definition) is 0. The van der Waals surface area contributed by atoms with Crippen LogP contribution in [0.4, 0.5) is 0 Å². The summed E-state index contributed by atoms with van der Waals surface area (Å²) in [6, 6.07) is 5.20. The van der Waals surface area contributed by atoms with E-state index in [2.05, 4.69) is 13.8 Å². The quantitative estimate of drug-likeness (QED) is 0.831. The van der Waals surface area contributed by atoms with Gasteiger partial charge in [0.2, 0.25) is 0 Å². The molecule has 0 aromatic heterocycles. The Kier molecular flexibility index (Phi) is 3.31. The van der Waals surface area contributed by atoms with Crippen LogP contribution in [0.2, 0.25) is 10.0 Å². The third kappa shape index (κ3) is 2.18. The molecule has 0 aliphatic carbocycles. The van der Waals surface area contributed by atoms with Crippen LogP contribution < -0.4 is 0 Å². The van der Waals surface area contributed by atoms with Crippen molar-refractivity contribution in [1.82, 2.24) is 0 Å². The maximum absolute atomic E-state index is 6.03. The monoisotopic (exact) mass is 302 g/mol. The van der Waals surface area contributed by atoms with Crippen molar-refractivity contribution in [3.8, 4) is 0 Å². The zero-order valence-electron chi connectivity index (χ0n) is 10.9. The molecule has 0 saturated carbocycles. The molecule has 3 aliphatic heterocycles. The Hall–Kier alpha value is -0.320. The van der Waals surface area contributed by atoms with E-state index >= 15 is 0 Å². The molecule has 5 heteroatoms. The van der Waals surface area contributed by atoms with Crippen molar-refractivity contribution in [1.29, 1.82) is 0 Å². The second-order valence-electron chi connectivity index (χ2n) is 5.60. The average molecular weight is 303 g/mol. The van der Waals surface area contributed by atoms with Gasteiger partial charge in [-0.15, -0.1) is 0 Å². The van der Waals surface area contributed by atoms with Crippen molar-refractivity contribution in [2.75, 3.05) is 19.8 Å². The van der Waals surface area contributed by atoms with Gasteiger partial charge in [-0.25, -0.2) is 0 Å². The van der Waals surface area contributed by atoms with Crippen LogP contribution in [-0.2, 0) is 20.2 Å². The minimum Gasteiger partial charge on any atom is -0.323 e. The molecule has 0 atom stereocenters. The zero-order chi connectivity index (χ0) is 13.7. The SMILES string of the molecule is CC(C)C12COC(c3cc(Cl)cc(Cl)c3)(OC1)OC2. The van der Waals surface area contributed by atoms with Crippen molar-refractivity contribution in [2.45, 2.75) is 19.8 Å². The molecule has 0 amide bonds. The lowest BCUT2D eigenvalue weighted by atomic mass is 9.77. The van der Waals surface area contributed by atoms with Crippen molar-refractivity contribution in [3.63, 3.8) is 0 Å². The Morgan fingerprint density at radius 2 is 1.42 bits per heavy atom. The lowest BCUT2D eigenvalue weighted by Gasteiger charge is -2.53. The first-order valence-electron chi connectivity index (χ1n) is 6.34. The highest BCUT2D eigenvalue weighted by molar-refractivity contribution is 6.34. The Labute approximate surface area is 122 Å². The van der Waals surface area contributed by atoms with Crippen molar-refractivity contribution in [2.24, 2.45) is 11.3 Å². The fourth-order valence-electron chi connectivity index (χ4n) is 2.45. The van der Waals surface area contributed by atoms with Crippen molar-refractivity contribution < 1.29 is 14.2 Å². The number of ether oxygens (including phenoxy) is 3. The zero-order valence-corrected chi connectivity index (χ0v) is 12.4. The maximum atomic E-state index is 6.03. The summed E-state index contributed by atoms with van der Waals surface area (Å²) in [5.74, 6) is -0.709. The summed E-state index contributed by atoms with van der Waals surface area (Å²) in [5, 5.41) is 1.08. The van der Waals surface area contributed by atoms with E-state index in [-0.39, 0.29) is 5.41 Å². The Balaban J connectivity index is 1.91. The van der Waals surface area contributed by atoms with Gasteiger partial charge in [-0.3, -0.25) is 0 Å². The number of halogens is 2. The van der Waals surface area contributed by atoms with Crippen LogP contribution in [0.3, 0.4) is 0 Å². The molecule has 0 N–H and O–H groups in total. The van der Waals surface area contributed by atoms with Gasteiger partial charge < -0.3 is 14.2 Å². The summed E-state index contributed by atoms with van der Waals surface area (Å²) < 4.78 is 17.6. The van der Waals surface area contributed by atoms with Crippen molar-refractivity contribution >= 4 is 23.2 Å². The van der Waals surface area contributed by atoms with Crippen LogP contribution in [0.15, 0.2) is 18.2 Å². The standard InChI is InChI=1S/C14H16Cl2O3/c1-9(2)13-6-17-14(18-7-13,19-8-13)10-3-11(15)5-12(16)4-10/h3-5,9H,6-8H2,1-2H3. The van der Waals surface area contributed by atoms with Crippen LogP contribution in [0.25, 0.3) is 0 Å². The lowest BCUT2D eigenvalue weighted by molar-refractivity contribution is -0.484. The number of fused-ring (bicyclic) bond motifs is 3. The molecule has 0 radical (unpaired) electrons. The molecule has 3 nitrogen and oxygen atoms in total. The van der Waals surface area contributed by atoms with E-state index in [4.69, 9.17) is 37.4 Å². The first kappa shape index (κ1) is 13.7. The largest absolute Gasteiger partial charge is 0.323 e. The third-order valence-corrected chi connectivity index (χ3v) is 4.53. The van der Waals surface area contributed by atoms with E-state index in [9.17, 15) is 0 Å². The minimum atomic E-state index is -1.15. The van der Waals surface area contributed by atoms with Gasteiger partial charge in [0.25, 0.3) is 0 Å². The highest BCUT2D eigenvalue weighted by atomic mass is 35.5. The normalized spacial score (nSPS) is 33.9. The molecule has 2 bridgehead atoms. The first-order chi connectivity index (χ1) is 8.96. The van der Waals surface area contributed by atoms with Gasteiger partial charge >= 0.3 is 5.97 Å². The van der Waals surface area contributed by atoms with Gasteiger partial charge in [0, 0.05) is 21.0 Å². The van der Waals surface area contributed by atoms with Crippen LogP contribution in [-0.4, -0.2) is 19.8 Å². The van der Waals surface area contributed by atoms with Gasteiger partial charge in [-0.1, -0.05) is 37.0 Å². The molecule has 3 aliphatic rings. The van der Waals surface area contributed by atoms with E-state index < -0.39 is 5.97 Å². The smallest absolute Gasteiger partial charge is 0.312 e. The molecule has 1 aromatic rings. The number of rotatable bonds is 2. The predicted molar refractivity (Wildman–Crippen MR) is 73.3 cm³/mol. The second-order valence-corrected chi connectivity index (χ2v) is 6.47. The molecule has 4 rings (SSSR count). The molecule has 3 fully saturated rings. The molecule has 0 spiro atoms. The van der Waals surface area contributed by atoms with Gasteiger partial charge in [0.15, 0.2) is 0 Å². The van der Waals surface area contributed by atoms with Crippen molar-refractivity contribution in [3.05, 3.63) is 33.8 Å². The Morgan fingerprint density at radius 3 is 1.84 bits per heavy atom. The molecule has 1 aromatic carbocycles. The third-order valence-electron chi connectivity index (χ3n) is 4.09. The second kappa shape index (κ2) is 4.61. The van der Waals surface area contributed by atoms with Crippen LogP contribution >= 0.6 is 23.2 Å². The topological polar surface area (TPSA) is 27.7 Å². The van der Waals surface area contributed by atoms with Crippen LogP contribution in [0.1, 0.15) is 19.4 Å². The summed E-state index contributed by atoms with van der Waals surface area (Å²) in [5.41, 5.74) is 0.659. The Bertz CT molecular complexity index is 457. The summed E-state index contributed by atoms with van der Waals surface area (Å²) in [6.45, 7) is 6.17. The molecule has 19 heavy (non-hydrogen) atoms. The van der Waals surface area contributed by atoms with Crippen LogP contribution in [0.5, 0.6) is 0 Å². The molecular weight excluding hydrogens is 287 g/mol. The van der Waals surface area contributed by atoms with Gasteiger partial charge in [-0.2, -0.15) is 0 Å². The Morgan fingerprint density at radius 1 is 0.947 bits per heavy atom. The van der Waals surface area contributed by atoms with Gasteiger partial charge in [0.1, 0.15) is 0 Å². The molecular formula is C14H16Cl2O3. The highest BCUT2D eigenvalue weighted by Gasteiger charge is 2.54. The van der Waals surface area contributed by atoms with Gasteiger partial charge in [-0.05, 0) is 24.1 Å². The minimum absolute atomic E-state index is 0.0515. The molecule has 3 saturated heterocycles. The molecule has 104 valence electrons. The fraction of sp³-hybridized carbons (Fsp3) is 0.571. The number of hydrogen-bond acceptors (Lipinski definition) is 3. The average Bonchev–Trinajstić information content (AvgIpc) is 2.39. The fourth-order valence-corrected chi connectivity index (χ4v) is 2.97. The van der Waals surface area contributed by atoms with E-state index in [0.717, 1.165) is 0 Å². The van der Waals surface area contributed by atoms with E-state index in [1.165, 1.54) is 0 Å². The lowest BCUT2D eigenvalue weighted by Crippen LogP contribution is -2.60. The van der Waals surface area contributed by atoms with Gasteiger partial charge in [0.05, 0.1) is 19.8 Å². The van der Waals surface area contributed by atoms with E-state index in [0.29, 0.717) is 41.3 Å². The summed E-state index contributed by atoms with van der Waals surface area (Å²) >= 11 is 12.1. The predicted octanol–water partition coefficient (Wildman–Crippen LogP) is 3.82.